The first-order valence-corrected chi connectivity index (χ1v) is 9.30. The average Bonchev–Trinajstić information content (AvgIpc) is 3.18. The second-order valence-electron chi connectivity index (χ2n) is 6.97. The van der Waals surface area contributed by atoms with Crippen LogP contribution in [0.2, 0.25) is 0 Å². The third kappa shape index (κ3) is 4.79. The van der Waals surface area contributed by atoms with E-state index in [4.69, 9.17) is 9.47 Å². The zero-order chi connectivity index (χ0) is 22.8. The fraction of sp³-hybridized carbons (Fsp3) is 0.286. The SMILES string of the molecule is COc1cc(NC(=O)c2cnn(-c3ccc(C(F)(F)F)cn3)c2C(C)C)cc(OC)c1. The van der Waals surface area contributed by atoms with Gasteiger partial charge in [0.15, 0.2) is 5.82 Å². The van der Waals surface area contributed by atoms with Crippen LogP contribution in [0.5, 0.6) is 11.5 Å². The van der Waals surface area contributed by atoms with Crippen molar-refractivity contribution in [2.45, 2.75) is 25.9 Å². The summed E-state index contributed by atoms with van der Waals surface area (Å²) >= 11 is 0. The number of rotatable bonds is 6. The molecule has 0 aliphatic rings. The number of carbonyl (C=O) groups is 1. The number of nitrogens with zero attached hydrogens (tertiary/aromatic N) is 3. The highest BCUT2D eigenvalue weighted by atomic mass is 19.4. The van der Waals surface area contributed by atoms with Crippen LogP contribution in [0.15, 0.2) is 42.7 Å². The maximum atomic E-state index is 13.0. The number of pyridine rings is 1. The van der Waals surface area contributed by atoms with E-state index in [2.05, 4.69) is 15.4 Å². The molecule has 164 valence electrons. The molecule has 0 radical (unpaired) electrons. The summed E-state index contributed by atoms with van der Waals surface area (Å²) in [4.78, 5) is 16.8. The molecule has 0 unspecified atom stereocenters. The number of benzene rings is 1. The van der Waals surface area contributed by atoms with Gasteiger partial charge < -0.3 is 14.8 Å². The number of anilines is 1. The Labute approximate surface area is 176 Å². The van der Waals surface area contributed by atoms with Crippen molar-refractivity contribution in [3.8, 4) is 17.3 Å². The maximum Gasteiger partial charge on any atom is 0.417 e. The molecule has 2 aromatic heterocycles. The molecule has 10 heteroatoms. The minimum absolute atomic E-state index is 0.160. The molecular formula is C21H21F3N4O3. The number of hydrogen-bond donors (Lipinski definition) is 1. The number of nitrogens with one attached hydrogen (secondary N) is 1. The lowest BCUT2D eigenvalue weighted by molar-refractivity contribution is -0.137. The van der Waals surface area contributed by atoms with E-state index < -0.39 is 17.6 Å². The van der Waals surface area contributed by atoms with E-state index in [1.54, 1.807) is 18.2 Å². The van der Waals surface area contributed by atoms with Crippen LogP contribution in [0.4, 0.5) is 18.9 Å². The minimum Gasteiger partial charge on any atom is -0.497 e. The van der Waals surface area contributed by atoms with Crippen LogP contribution in [0.3, 0.4) is 0 Å². The van der Waals surface area contributed by atoms with Crippen molar-refractivity contribution in [3.05, 3.63) is 59.5 Å². The predicted octanol–water partition coefficient (Wildman–Crippen LogP) is 4.68. The van der Waals surface area contributed by atoms with Crippen LogP contribution in [-0.4, -0.2) is 34.9 Å². The van der Waals surface area contributed by atoms with Crippen LogP contribution < -0.4 is 14.8 Å². The molecule has 1 N–H and O–H groups in total. The topological polar surface area (TPSA) is 78.3 Å². The molecular weight excluding hydrogens is 413 g/mol. The van der Waals surface area contributed by atoms with Gasteiger partial charge in [0.2, 0.25) is 0 Å². The van der Waals surface area contributed by atoms with Crippen LogP contribution in [0, 0.1) is 0 Å². The van der Waals surface area contributed by atoms with Gasteiger partial charge in [-0.3, -0.25) is 4.79 Å². The Hall–Kier alpha value is -3.56. The average molecular weight is 434 g/mol. The van der Waals surface area contributed by atoms with E-state index >= 15 is 0 Å². The molecule has 7 nitrogen and oxygen atoms in total. The van der Waals surface area contributed by atoms with Gasteiger partial charge in [-0.05, 0) is 18.1 Å². The van der Waals surface area contributed by atoms with E-state index in [-0.39, 0.29) is 17.3 Å². The van der Waals surface area contributed by atoms with E-state index in [0.29, 0.717) is 22.9 Å². The Morgan fingerprint density at radius 1 is 1.06 bits per heavy atom. The standard InChI is InChI=1S/C21H21F3N4O3/c1-12(2)19-17(20(29)27-14-7-15(30-3)9-16(8-14)31-4)11-26-28(19)18-6-5-13(10-25-18)21(22,23)24/h5-12H,1-4H3,(H,27,29). The smallest absolute Gasteiger partial charge is 0.417 e. The van der Waals surface area contributed by atoms with Gasteiger partial charge in [-0.1, -0.05) is 13.8 Å². The van der Waals surface area contributed by atoms with Crippen LogP contribution in [0.25, 0.3) is 5.82 Å². The van der Waals surface area contributed by atoms with Gasteiger partial charge in [-0.2, -0.15) is 18.3 Å². The molecule has 0 saturated heterocycles. The van der Waals surface area contributed by atoms with Crippen molar-refractivity contribution in [2.75, 3.05) is 19.5 Å². The largest absolute Gasteiger partial charge is 0.497 e. The lowest BCUT2D eigenvalue weighted by Gasteiger charge is -2.14. The summed E-state index contributed by atoms with van der Waals surface area (Å²) < 4.78 is 50.2. The third-order valence-corrected chi connectivity index (χ3v) is 4.50. The fourth-order valence-corrected chi connectivity index (χ4v) is 3.03. The fourth-order valence-electron chi connectivity index (χ4n) is 3.03. The summed E-state index contributed by atoms with van der Waals surface area (Å²) in [5.41, 5.74) is 0.383. The third-order valence-electron chi connectivity index (χ3n) is 4.50. The second kappa shape index (κ2) is 8.66. The highest BCUT2D eigenvalue weighted by molar-refractivity contribution is 6.05. The molecule has 31 heavy (non-hydrogen) atoms. The summed E-state index contributed by atoms with van der Waals surface area (Å²) in [6.45, 7) is 3.70. The Kier molecular flexibility index (Phi) is 6.19. The Morgan fingerprint density at radius 2 is 1.71 bits per heavy atom. The summed E-state index contributed by atoms with van der Waals surface area (Å²) in [6.07, 6.45) is -2.38. The molecule has 0 aliphatic carbocycles. The van der Waals surface area contributed by atoms with E-state index in [9.17, 15) is 18.0 Å². The predicted molar refractivity (Wildman–Crippen MR) is 108 cm³/mol. The quantitative estimate of drug-likeness (QED) is 0.610. The zero-order valence-electron chi connectivity index (χ0n) is 17.3. The molecule has 1 aromatic carbocycles. The normalized spacial score (nSPS) is 11.5. The van der Waals surface area contributed by atoms with E-state index in [1.165, 1.54) is 31.2 Å². The lowest BCUT2D eigenvalue weighted by Crippen LogP contribution is -2.16. The molecule has 2 heterocycles. The van der Waals surface area contributed by atoms with Crippen LogP contribution >= 0.6 is 0 Å². The number of aromatic nitrogens is 3. The molecule has 0 bridgehead atoms. The Balaban J connectivity index is 1.94. The molecule has 0 spiro atoms. The lowest BCUT2D eigenvalue weighted by atomic mass is 10.1. The first kappa shape index (κ1) is 22.1. The van der Waals surface area contributed by atoms with Crippen LogP contribution in [-0.2, 0) is 6.18 Å². The maximum absolute atomic E-state index is 13.0. The highest BCUT2D eigenvalue weighted by Gasteiger charge is 2.31. The molecule has 1 amide bonds. The summed E-state index contributed by atoms with van der Waals surface area (Å²) in [6, 6.07) is 7.09. The summed E-state index contributed by atoms with van der Waals surface area (Å²) in [7, 11) is 3.00. The van der Waals surface area contributed by atoms with Crippen molar-refractivity contribution in [1.29, 1.82) is 0 Å². The number of methoxy groups -OCH3 is 2. The monoisotopic (exact) mass is 434 g/mol. The van der Waals surface area contributed by atoms with Gasteiger partial charge in [0.25, 0.3) is 5.91 Å². The van der Waals surface area contributed by atoms with Gasteiger partial charge in [-0.25, -0.2) is 9.67 Å². The van der Waals surface area contributed by atoms with Crippen molar-refractivity contribution in [3.63, 3.8) is 0 Å². The first-order valence-electron chi connectivity index (χ1n) is 9.30. The first-order chi connectivity index (χ1) is 14.6. The molecule has 0 aliphatic heterocycles. The molecule has 0 atom stereocenters. The number of halogens is 3. The Morgan fingerprint density at radius 3 is 2.19 bits per heavy atom. The zero-order valence-corrected chi connectivity index (χ0v) is 17.3. The van der Waals surface area contributed by atoms with Crippen molar-refractivity contribution >= 4 is 11.6 Å². The van der Waals surface area contributed by atoms with E-state index in [0.717, 1.165) is 12.3 Å². The number of amides is 1. The highest BCUT2D eigenvalue weighted by Crippen LogP contribution is 2.30. The number of hydrogen-bond acceptors (Lipinski definition) is 5. The summed E-state index contributed by atoms with van der Waals surface area (Å²) in [5, 5.41) is 6.97. The van der Waals surface area contributed by atoms with E-state index in [1.807, 2.05) is 13.8 Å². The van der Waals surface area contributed by atoms with Crippen molar-refractivity contribution < 1.29 is 27.4 Å². The molecule has 3 aromatic rings. The van der Waals surface area contributed by atoms with Gasteiger partial charge in [0, 0.05) is 30.1 Å². The number of ether oxygens (including phenoxy) is 2. The van der Waals surface area contributed by atoms with Gasteiger partial charge in [0.1, 0.15) is 11.5 Å². The van der Waals surface area contributed by atoms with Crippen LogP contribution in [0.1, 0.15) is 41.4 Å². The molecule has 0 saturated carbocycles. The second-order valence-corrected chi connectivity index (χ2v) is 6.97. The number of carbonyl (C=O) groups excluding carboxylic acids is 1. The van der Waals surface area contributed by atoms with Crippen molar-refractivity contribution in [2.24, 2.45) is 0 Å². The van der Waals surface area contributed by atoms with Gasteiger partial charge >= 0.3 is 6.18 Å². The number of alkyl halides is 3. The molecule has 3 rings (SSSR count). The van der Waals surface area contributed by atoms with Crippen molar-refractivity contribution in [1.82, 2.24) is 14.8 Å². The summed E-state index contributed by atoms with van der Waals surface area (Å²) in [5.74, 6) is 0.593. The molecule has 0 fully saturated rings. The minimum atomic E-state index is -4.49. The van der Waals surface area contributed by atoms with Gasteiger partial charge in [0.05, 0.1) is 37.2 Å². The Bertz CT molecular complexity index is 1050. The van der Waals surface area contributed by atoms with Gasteiger partial charge in [-0.15, -0.1) is 0 Å².